The first kappa shape index (κ1) is 13.4. The molecule has 0 fully saturated rings. The van der Waals surface area contributed by atoms with Crippen molar-refractivity contribution in [3.63, 3.8) is 0 Å². The normalized spacial score (nSPS) is 15.3. The lowest BCUT2D eigenvalue weighted by Crippen LogP contribution is -2.30. The van der Waals surface area contributed by atoms with E-state index in [9.17, 15) is 4.79 Å². The van der Waals surface area contributed by atoms with Crippen molar-refractivity contribution in [1.82, 2.24) is 5.32 Å². The molecule has 0 spiro atoms. The summed E-state index contributed by atoms with van der Waals surface area (Å²) in [5, 5.41) is 2.88. The molecule has 3 heteroatoms. The maximum atomic E-state index is 11.4. The lowest BCUT2D eigenvalue weighted by Gasteiger charge is -2.15. The number of carbonyl (C=O) groups is 1. The molecule has 0 aliphatic heterocycles. The Labute approximate surface area is 87.4 Å². The van der Waals surface area contributed by atoms with Crippen molar-refractivity contribution < 1.29 is 4.79 Å². The minimum Gasteiger partial charge on any atom is -0.356 e. The summed E-state index contributed by atoms with van der Waals surface area (Å²) in [7, 11) is 0. The van der Waals surface area contributed by atoms with Crippen LogP contribution < -0.4 is 11.1 Å². The number of nitrogens with two attached hydrogens (primary N) is 1. The molecule has 0 rings (SSSR count). The largest absolute Gasteiger partial charge is 0.356 e. The van der Waals surface area contributed by atoms with E-state index in [0.717, 1.165) is 6.42 Å². The number of amides is 1. The van der Waals surface area contributed by atoms with Gasteiger partial charge in [0.05, 0.1) is 0 Å². The van der Waals surface area contributed by atoms with E-state index in [2.05, 4.69) is 26.1 Å². The van der Waals surface area contributed by atoms with Crippen molar-refractivity contribution in [3.8, 4) is 0 Å². The zero-order chi connectivity index (χ0) is 11.1. The zero-order valence-corrected chi connectivity index (χ0v) is 9.84. The molecule has 0 aromatic rings. The summed E-state index contributed by atoms with van der Waals surface area (Å²) in [6.07, 6.45) is 1.47. The van der Waals surface area contributed by atoms with Crippen LogP contribution in [0.1, 0.15) is 40.5 Å². The molecule has 14 heavy (non-hydrogen) atoms. The quantitative estimate of drug-likeness (QED) is 0.683. The van der Waals surface area contributed by atoms with Crippen LogP contribution in [0.25, 0.3) is 0 Å². The molecule has 1 amide bonds. The van der Waals surface area contributed by atoms with Crippen LogP contribution in [0.3, 0.4) is 0 Å². The number of carbonyl (C=O) groups excluding carboxylic acids is 1. The predicted octanol–water partition coefficient (Wildman–Crippen LogP) is 1.52. The number of nitrogens with one attached hydrogen (secondary N) is 1. The smallest absolute Gasteiger partial charge is 0.220 e. The third-order valence-corrected chi connectivity index (χ3v) is 2.57. The third kappa shape index (κ3) is 6.89. The number of rotatable bonds is 6. The lowest BCUT2D eigenvalue weighted by molar-refractivity contribution is -0.122. The topological polar surface area (TPSA) is 55.1 Å². The Bertz CT molecular complexity index is 167. The maximum Gasteiger partial charge on any atom is 0.220 e. The highest BCUT2D eigenvalue weighted by molar-refractivity contribution is 5.76. The number of hydrogen-bond acceptors (Lipinski definition) is 2. The summed E-state index contributed by atoms with van der Waals surface area (Å²) in [6.45, 7) is 9.03. The summed E-state index contributed by atoms with van der Waals surface area (Å²) in [5.41, 5.74) is 5.58. The van der Waals surface area contributed by atoms with E-state index in [1.807, 2.05) is 6.92 Å². The predicted molar refractivity (Wildman–Crippen MR) is 59.9 cm³/mol. The van der Waals surface area contributed by atoms with Crippen LogP contribution in [0.5, 0.6) is 0 Å². The second-order valence-corrected chi connectivity index (χ2v) is 4.54. The summed E-state index contributed by atoms with van der Waals surface area (Å²) < 4.78 is 0. The Balaban J connectivity index is 3.55. The van der Waals surface area contributed by atoms with Crippen LogP contribution in [-0.4, -0.2) is 18.5 Å². The summed E-state index contributed by atoms with van der Waals surface area (Å²) in [6, 6.07) is 0.165. The van der Waals surface area contributed by atoms with Gasteiger partial charge >= 0.3 is 0 Å². The fourth-order valence-electron chi connectivity index (χ4n) is 1.04. The SMILES string of the molecule is CC(N)CCNC(=O)CC(C)C(C)C. The van der Waals surface area contributed by atoms with Gasteiger partial charge in [-0.05, 0) is 25.2 Å². The minimum atomic E-state index is 0.145. The van der Waals surface area contributed by atoms with Gasteiger partial charge in [0, 0.05) is 19.0 Å². The Morgan fingerprint density at radius 2 is 1.86 bits per heavy atom. The maximum absolute atomic E-state index is 11.4. The molecular weight excluding hydrogens is 176 g/mol. The second kappa shape index (κ2) is 6.82. The Hall–Kier alpha value is -0.570. The molecule has 0 saturated heterocycles. The van der Waals surface area contributed by atoms with Crippen LogP contribution in [0.2, 0.25) is 0 Å². The first-order valence-corrected chi connectivity index (χ1v) is 5.45. The molecule has 0 bridgehead atoms. The molecule has 2 unspecified atom stereocenters. The van der Waals surface area contributed by atoms with Crippen molar-refractivity contribution in [3.05, 3.63) is 0 Å². The van der Waals surface area contributed by atoms with E-state index >= 15 is 0 Å². The molecule has 0 aromatic carbocycles. The number of hydrogen-bond donors (Lipinski definition) is 2. The highest BCUT2D eigenvalue weighted by atomic mass is 16.1. The van der Waals surface area contributed by atoms with Crippen molar-refractivity contribution in [2.45, 2.75) is 46.6 Å². The van der Waals surface area contributed by atoms with Gasteiger partial charge in [-0.2, -0.15) is 0 Å². The monoisotopic (exact) mass is 200 g/mol. The van der Waals surface area contributed by atoms with E-state index in [4.69, 9.17) is 5.73 Å². The van der Waals surface area contributed by atoms with Crippen LogP contribution >= 0.6 is 0 Å². The zero-order valence-electron chi connectivity index (χ0n) is 9.84. The molecular formula is C11H24N2O. The average Bonchev–Trinajstić information content (AvgIpc) is 2.02. The van der Waals surface area contributed by atoms with Crippen molar-refractivity contribution in [2.75, 3.05) is 6.54 Å². The van der Waals surface area contributed by atoms with Crippen LogP contribution in [0, 0.1) is 11.8 Å². The van der Waals surface area contributed by atoms with Crippen molar-refractivity contribution in [2.24, 2.45) is 17.6 Å². The molecule has 0 aliphatic carbocycles. The van der Waals surface area contributed by atoms with Gasteiger partial charge in [0.15, 0.2) is 0 Å². The van der Waals surface area contributed by atoms with Crippen molar-refractivity contribution in [1.29, 1.82) is 0 Å². The van der Waals surface area contributed by atoms with Crippen LogP contribution in [0.4, 0.5) is 0 Å². The molecule has 0 aliphatic rings. The molecule has 0 saturated carbocycles. The minimum absolute atomic E-state index is 0.145. The fourth-order valence-corrected chi connectivity index (χ4v) is 1.04. The summed E-state index contributed by atoms with van der Waals surface area (Å²) in [5.74, 6) is 1.16. The van der Waals surface area contributed by atoms with Gasteiger partial charge in [0.2, 0.25) is 5.91 Å². The summed E-state index contributed by atoms with van der Waals surface area (Å²) >= 11 is 0. The second-order valence-electron chi connectivity index (χ2n) is 4.54. The molecule has 3 N–H and O–H groups in total. The van der Waals surface area contributed by atoms with Crippen LogP contribution in [0.15, 0.2) is 0 Å². The molecule has 0 aromatic heterocycles. The van der Waals surface area contributed by atoms with E-state index in [1.54, 1.807) is 0 Å². The van der Waals surface area contributed by atoms with Gasteiger partial charge in [0.1, 0.15) is 0 Å². The van der Waals surface area contributed by atoms with Gasteiger partial charge in [0.25, 0.3) is 0 Å². The van der Waals surface area contributed by atoms with E-state index in [0.29, 0.717) is 24.8 Å². The highest BCUT2D eigenvalue weighted by Crippen LogP contribution is 2.13. The molecule has 3 nitrogen and oxygen atoms in total. The van der Waals surface area contributed by atoms with E-state index < -0.39 is 0 Å². The highest BCUT2D eigenvalue weighted by Gasteiger charge is 2.11. The van der Waals surface area contributed by atoms with Gasteiger partial charge in [-0.15, -0.1) is 0 Å². The van der Waals surface area contributed by atoms with E-state index in [1.165, 1.54) is 0 Å². The third-order valence-electron chi connectivity index (χ3n) is 2.57. The van der Waals surface area contributed by atoms with Gasteiger partial charge < -0.3 is 11.1 Å². The Kier molecular flexibility index (Phi) is 6.54. The molecule has 2 atom stereocenters. The van der Waals surface area contributed by atoms with Crippen molar-refractivity contribution >= 4 is 5.91 Å². The molecule has 0 radical (unpaired) electrons. The molecule has 0 heterocycles. The Morgan fingerprint density at radius 1 is 1.29 bits per heavy atom. The van der Waals surface area contributed by atoms with Gasteiger partial charge in [-0.25, -0.2) is 0 Å². The Morgan fingerprint density at radius 3 is 2.29 bits per heavy atom. The molecule has 84 valence electrons. The average molecular weight is 200 g/mol. The van der Waals surface area contributed by atoms with Gasteiger partial charge in [-0.3, -0.25) is 4.79 Å². The lowest BCUT2D eigenvalue weighted by atomic mass is 9.94. The fraction of sp³-hybridized carbons (Fsp3) is 0.909. The van der Waals surface area contributed by atoms with E-state index in [-0.39, 0.29) is 11.9 Å². The summed E-state index contributed by atoms with van der Waals surface area (Å²) in [4.78, 5) is 11.4. The van der Waals surface area contributed by atoms with Crippen LogP contribution in [-0.2, 0) is 4.79 Å². The van der Waals surface area contributed by atoms with Gasteiger partial charge in [-0.1, -0.05) is 20.8 Å². The first-order chi connectivity index (χ1) is 6.43. The standard InChI is InChI=1S/C11H24N2O/c1-8(2)9(3)7-11(14)13-6-5-10(4)12/h8-10H,5-7,12H2,1-4H3,(H,13,14). The first-order valence-electron chi connectivity index (χ1n) is 5.45.